The van der Waals surface area contributed by atoms with Gasteiger partial charge >= 0.3 is 0 Å². The number of hydrogen-bond acceptors (Lipinski definition) is 3. The molecule has 0 saturated heterocycles. The summed E-state index contributed by atoms with van der Waals surface area (Å²) in [7, 11) is 0. The summed E-state index contributed by atoms with van der Waals surface area (Å²) in [5, 5.41) is 0. The van der Waals surface area contributed by atoms with Crippen LogP contribution >= 0.6 is 0 Å². The van der Waals surface area contributed by atoms with Crippen molar-refractivity contribution in [1.82, 2.24) is 9.97 Å². The molecule has 0 saturated carbocycles. The van der Waals surface area contributed by atoms with E-state index in [0.717, 1.165) is 17.7 Å². The minimum atomic E-state index is 0.698. The summed E-state index contributed by atoms with van der Waals surface area (Å²) in [6.45, 7) is 6.06. The highest BCUT2D eigenvalue weighted by Gasteiger charge is 1.98. The molecule has 3 heteroatoms. The number of pyridine rings is 1. The number of hydrogen-bond donors (Lipinski definition) is 0. The summed E-state index contributed by atoms with van der Waals surface area (Å²) in [4.78, 5) is 8.20. The molecule has 0 aliphatic rings. The van der Waals surface area contributed by atoms with Gasteiger partial charge in [-0.05, 0) is 18.6 Å². The van der Waals surface area contributed by atoms with E-state index in [0.29, 0.717) is 5.65 Å². The third-order valence-corrected chi connectivity index (χ3v) is 1.61. The fraction of sp³-hybridized carbons (Fsp3) is 0.400. The molecule has 0 atom stereocenters. The van der Waals surface area contributed by atoms with Crippen molar-refractivity contribution in [3.63, 3.8) is 0 Å². The molecule has 0 unspecified atom stereocenters. The maximum atomic E-state index is 5.04. The van der Waals surface area contributed by atoms with E-state index in [2.05, 4.69) is 16.9 Å². The van der Waals surface area contributed by atoms with Gasteiger partial charge in [-0.1, -0.05) is 20.8 Å². The number of aryl methyl sites for hydroxylation is 1. The van der Waals surface area contributed by atoms with Crippen LogP contribution in [0.3, 0.4) is 0 Å². The molecule has 0 aromatic carbocycles. The van der Waals surface area contributed by atoms with Gasteiger partial charge in [-0.15, -0.1) is 0 Å². The van der Waals surface area contributed by atoms with Crippen LogP contribution < -0.4 is 0 Å². The van der Waals surface area contributed by atoms with Crippen LogP contribution in [-0.2, 0) is 6.42 Å². The lowest BCUT2D eigenvalue weighted by atomic mass is 10.3. The molecule has 0 amide bonds. The summed E-state index contributed by atoms with van der Waals surface area (Å²) in [6.07, 6.45) is 2.35. The first-order valence-corrected chi connectivity index (χ1v) is 4.59. The van der Waals surface area contributed by atoms with E-state index >= 15 is 0 Å². The van der Waals surface area contributed by atoms with Gasteiger partial charge in [-0.3, -0.25) is 0 Å². The Hall–Kier alpha value is -1.38. The maximum absolute atomic E-state index is 5.04. The van der Waals surface area contributed by atoms with E-state index in [1.165, 1.54) is 6.39 Å². The zero-order valence-corrected chi connectivity index (χ0v) is 8.24. The van der Waals surface area contributed by atoms with Gasteiger partial charge in [0, 0.05) is 5.69 Å². The first-order chi connectivity index (χ1) is 6.40. The Labute approximate surface area is 77.8 Å². The first-order valence-electron chi connectivity index (χ1n) is 4.59. The Morgan fingerprint density at radius 2 is 2.08 bits per heavy atom. The fourth-order valence-corrected chi connectivity index (χ4v) is 0.989. The number of rotatable bonds is 1. The van der Waals surface area contributed by atoms with Crippen LogP contribution in [-0.4, -0.2) is 9.97 Å². The molecule has 2 heterocycles. The van der Waals surface area contributed by atoms with Crippen molar-refractivity contribution in [2.45, 2.75) is 27.2 Å². The van der Waals surface area contributed by atoms with E-state index in [1.54, 1.807) is 0 Å². The van der Waals surface area contributed by atoms with E-state index in [4.69, 9.17) is 4.42 Å². The average Bonchev–Trinajstić information content (AvgIpc) is 2.67. The minimum absolute atomic E-state index is 0.698. The van der Waals surface area contributed by atoms with Crippen molar-refractivity contribution in [1.29, 1.82) is 0 Å². The van der Waals surface area contributed by atoms with E-state index in [1.807, 2.05) is 26.0 Å². The van der Waals surface area contributed by atoms with E-state index in [9.17, 15) is 0 Å². The third kappa shape index (κ3) is 2.05. The Bertz CT molecular complexity index is 368. The molecule has 0 radical (unpaired) electrons. The molecule has 0 fully saturated rings. The van der Waals surface area contributed by atoms with Gasteiger partial charge in [0.25, 0.3) is 0 Å². The number of oxazole rings is 1. The quantitative estimate of drug-likeness (QED) is 0.674. The van der Waals surface area contributed by atoms with Crippen LogP contribution in [0.5, 0.6) is 0 Å². The zero-order valence-electron chi connectivity index (χ0n) is 8.24. The zero-order chi connectivity index (χ0) is 9.68. The molecule has 3 nitrogen and oxygen atoms in total. The van der Waals surface area contributed by atoms with Gasteiger partial charge in [-0.25, -0.2) is 4.98 Å². The second-order valence-electron chi connectivity index (χ2n) is 2.33. The van der Waals surface area contributed by atoms with Crippen LogP contribution in [0.25, 0.3) is 11.2 Å². The lowest BCUT2D eigenvalue weighted by molar-refractivity contribution is 0.602. The summed E-state index contributed by atoms with van der Waals surface area (Å²) < 4.78 is 5.04. The SMILES string of the molecule is CC.CCc1ccc2ocnc2n1. The molecule has 2 aromatic heterocycles. The molecular weight excluding hydrogens is 164 g/mol. The molecule has 2 rings (SSSR count). The van der Waals surface area contributed by atoms with E-state index < -0.39 is 0 Å². The van der Waals surface area contributed by atoms with Gasteiger partial charge in [0.15, 0.2) is 17.6 Å². The molecule has 2 aromatic rings. The Morgan fingerprint density at radius 3 is 2.77 bits per heavy atom. The van der Waals surface area contributed by atoms with Gasteiger partial charge in [0.2, 0.25) is 0 Å². The van der Waals surface area contributed by atoms with Crippen LogP contribution in [0.15, 0.2) is 22.9 Å². The fourth-order valence-electron chi connectivity index (χ4n) is 0.989. The maximum Gasteiger partial charge on any atom is 0.198 e. The Kier molecular flexibility index (Phi) is 3.43. The van der Waals surface area contributed by atoms with Gasteiger partial charge in [0.05, 0.1) is 0 Å². The smallest absolute Gasteiger partial charge is 0.198 e. The lowest BCUT2D eigenvalue weighted by Crippen LogP contribution is -1.85. The molecule has 13 heavy (non-hydrogen) atoms. The normalized spacial score (nSPS) is 9.46. The van der Waals surface area contributed by atoms with Crippen molar-refractivity contribution >= 4 is 11.2 Å². The predicted octanol–water partition coefficient (Wildman–Crippen LogP) is 2.81. The average molecular weight is 178 g/mol. The minimum Gasteiger partial charge on any atom is -0.442 e. The van der Waals surface area contributed by atoms with Crippen LogP contribution in [0, 0.1) is 0 Å². The Morgan fingerprint density at radius 1 is 1.31 bits per heavy atom. The van der Waals surface area contributed by atoms with E-state index in [-0.39, 0.29) is 0 Å². The lowest BCUT2D eigenvalue weighted by Gasteiger charge is -1.91. The second kappa shape index (κ2) is 4.60. The highest BCUT2D eigenvalue weighted by molar-refractivity contribution is 5.66. The standard InChI is InChI=1S/C8H8N2O.C2H6/c1-2-6-3-4-7-8(10-6)9-5-11-7;1-2/h3-5H,2H2,1H3;1-2H3. The van der Waals surface area contributed by atoms with Gasteiger partial charge in [-0.2, -0.15) is 4.98 Å². The second-order valence-corrected chi connectivity index (χ2v) is 2.33. The van der Waals surface area contributed by atoms with Crippen molar-refractivity contribution in [3.05, 3.63) is 24.2 Å². The van der Waals surface area contributed by atoms with Crippen molar-refractivity contribution in [2.75, 3.05) is 0 Å². The summed E-state index contributed by atoms with van der Waals surface area (Å²) in [5.41, 5.74) is 2.50. The van der Waals surface area contributed by atoms with Crippen LogP contribution in [0.2, 0.25) is 0 Å². The molecule has 0 bridgehead atoms. The number of nitrogens with zero attached hydrogens (tertiary/aromatic N) is 2. The number of aromatic nitrogens is 2. The summed E-state index contributed by atoms with van der Waals surface area (Å²) in [6, 6.07) is 3.85. The monoisotopic (exact) mass is 178 g/mol. The molecular formula is C10H14N2O. The highest BCUT2D eigenvalue weighted by atomic mass is 16.3. The molecule has 0 N–H and O–H groups in total. The highest BCUT2D eigenvalue weighted by Crippen LogP contribution is 2.09. The molecule has 0 aliphatic carbocycles. The summed E-state index contributed by atoms with van der Waals surface area (Å²) >= 11 is 0. The first kappa shape index (κ1) is 9.71. The predicted molar refractivity (Wildman–Crippen MR) is 52.5 cm³/mol. The van der Waals surface area contributed by atoms with Crippen LogP contribution in [0.1, 0.15) is 26.5 Å². The van der Waals surface area contributed by atoms with Gasteiger partial charge < -0.3 is 4.42 Å². The van der Waals surface area contributed by atoms with Crippen molar-refractivity contribution < 1.29 is 4.42 Å². The van der Waals surface area contributed by atoms with Crippen molar-refractivity contribution in [2.24, 2.45) is 0 Å². The summed E-state index contributed by atoms with van der Waals surface area (Å²) in [5.74, 6) is 0. The topological polar surface area (TPSA) is 38.9 Å². The van der Waals surface area contributed by atoms with Crippen molar-refractivity contribution in [3.8, 4) is 0 Å². The number of fused-ring (bicyclic) bond motifs is 1. The van der Waals surface area contributed by atoms with Gasteiger partial charge in [0.1, 0.15) is 0 Å². The Balaban J connectivity index is 0.000000396. The molecule has 0 aliphatic heterocycles. The van der Waals surface area contributed by atoms with Crippen LogP contribution in [0.4, 0.5) is 0 Å². The third-order valence-electron chi connectivity index (χ3n) is 1.61. The largest absolute Gasteiger partial charge is 0.442 e. The molecule has 70 valence electrons. The molecule has 0 spiro atoms.